The van der Waals surface area contributed by atoms with Gasteiger partial charge in [0.05, 0.1) is 10.7 Å². The molecule has 0 aliphatic heterocycles. The first kappa shape index (κ1) is 13.6. The van der Waals surface area contributed by atoms with Crippen molar-refractivity contribution in [1.29, 1.82) is 0 Å². The van der Waals surface area contributed by atoms with Gasteiger partial charge in [0.2, 0.25) is 0 Å². The quantitative estimate of drug-likeness (QED) is 0.901. The fourth-order valence-corrected chi connectivity index (χ4v) is 1.98. The highest BCUT2D eigenvalue weighted by molar-refractivity contribution is 6.32. The highest BCUT2D eigenvalue weighted by Gasteiger charge is 2.11. The average Bonchev–Trinajstić information content (AvgIpc) is 2.87. The van der Waals surface area contributed by atoms with Gasteiger partial charge in [-0.1, -0.05) is 17.7 Å². The largest absolute Gasteiger partial charge is 0.354 e. The molecule has 0 fully saturated rings. The molecule has 2 rings (SSSR count). The minimum absolute atomic E-state index is 0.0781. The number of rotatable bonds is 3. The van der Waals surface area contributed by atoms with E-state index in [1.807, 2.05) is 25.1 Å². The van der Waals surface area contributed by atoms with Crippen LogP contribution in [0, 0.1) is 0 Å². The SMILES string of the molecule is CNC(=O)c1ccn(-c2ccc([C@H](C)N)cc2Cl)n1. The van der Waals surface area contributed by atoms with Crippen molar-refractivity contribution in [2.75, 3.05) is 7.05 Å². The number of aromatic nitrogens is 2. The second-order valence-electron chi connectivity index (χ2n) is 4.22. The van der Waals surface area contributed by atoms with Crippen molar-refractivity contribution >= 4 is 17.5 Å². The summed E-state index contributed by atoms with van der Waals surface area (Å²) >= 11 is 6.21. The lowest BCUT2D eigenvalue weighted by Crippen LogP contribution is -2.18. The zero-order valence-corrected chi connectivity index (χ0v) is 11.5. The molecule has 0 aliphatic rings. The molecular weight excluding hydrogens is 264 g/mol. The lowest BCUT2D eigenvalue weighted by molar-refractivity contribution is 0.0957. The van der Waals surface area contributed by atoms with E-state index in [9.17, 15) is 4.79 Å². The molecule has 1 aromatic carbocycles. The summed E-state index contributed by atoms with van der Waals surface area (Å²) in [4.78, 5) is 11.4. The maximum absolute atomic E-state index is 11.4. The molecule has 1 aromatic heterocycles. The molecule has 1 atom stereocenters. The van der Waals surface area contributed by atoms with E-state index in [2.05, 4.69) is 10.4 Å². The van der Waals surface area contributed by atoms with Crippen molar-refractivity contribution in [1.82, 2.24) is 15.1 Å². The van der Waals surface area contributed by atoms with Gasteiger partial charge in [-0.15, -0.1) is 0 Å². The maximum atomic E-state index is 11.4. The van der Waals surface area contributed by atoms with Gasteiger partial charge in [0.15, 0.2) is 5.69 Å². The maximum Gasteiger partial charge on any atom is 0.271 e. The van der Waals surface area contributed by atoms with Crippen LogP contribution in [-0.2, 0) is 0 Å². The average molecular weight is 279 g/mol. The van der Waals surface area contributed by atoms with Crippen LogP contribution in [0.25, 0.3) is 5.69 Å². The van der Waals surface area contributed by atoms with Crippen molar-refractivity contribution in [2.45, 2.75) is 13.0 Å². The Bertz CT molecular complexity index is 606. The molecule has 0 aliphatic carbocycles. The summed E-state index contributed by atoms with van der Waals surface area (Å²) in [7, 11) is 1.56. The Hall–Kier alpha value is -1.85. The molecule has 1 amide bonds. The molecule has 3 N–H and O–H groups in total. The number of nitrogens with one attached hydrogen (secondary N) is 1. The number of carbonyl (C=O) groups excluding carboxylic acids is 1. The smallest absolute Gasteiger partial charge is 0.271 e. The number of nitrogens with zero attached hydrogens (tertiary/aromatic N) is 2. The summed E-state index contributed by atoms with van der Waals surface area (Å²) in [5.74, 6) is -0.234. The summed E-state index contributed by atoms with van der Waals surface area (Å²) in [6.07, 6.45) is 1.69. The molecule has 0 unspecified atom stereocenters. The van der Waals surface area contributed by atoms with Crippen LogP contribution >= 0.6 is 11.6 Å². The van der Waals surface area contributed by atoms with E-state index in [1.165, 1.54) is 0 Å². The van der Waals surface area contributed by atoms with Crippen molar-refractivity contribution in [3.63, 3.8) is 0 Å². The van der Waals surface area contributed by atoms with Crippen LogP contribution in [0.1, 0.15) is 29.0 Å². The van der Waals surface area contributed by atoms with E-state index in [0.29, 0.717) is 16.4 Å². The summed E-state index contributed by atoms with van der Waals surface area (Å²) in [6.45, 7) is 1.89. The number of nitrogens with two attached hydrogens (primary N) is 1. The third kappa shape index (κ3) is 2.77. The second kappa shape index (κ2) is 5.42. The minimum Gasteiger partial charge on any atom is -0.354 e. The van der Waals surface area contributed by atoms with Crippen molar-refractivity contribution in [2.24, 2.45) is 5.73 Å². The standard InChI is InChI=1S/C13H15ClN4O/c1-8(15)9-3-4-12(10(14)7-9)18-6-5-11(17-18)13(19)16-2/h3-8H,15H2,1-2H3,(H,16,19)/t8-/m0/s1. The molecule has 1 heterocycles. The van der Waals surface area contributed by atoms with E-state index in [1.54, 1.807) is 24.0 Å². The van der Waals surface area contributed by atoms with Gasteiger partial charge < -0.3 is 11.1 Å². The van der Waals surface area contributed by atoms with Crippen LogP contribution in [0.5, 0.6) is 0 Å². The molecule has 6 heteroatoms. The molecule has 5 nitrogen and oxygen atoms in total. The molecule has 19 heavy (non-hydrogen) atoms. The summed E-state index contributed by atoms with van der Waals surface area (Å²) < 4.78 is 1.57. The second-order valence-corrected chi connectivity index (χ2v) is 4.63. The number of hydrogen-bond acceptors (Lipinski definition) is 3. The normalized spacial score (nSPS) is 12.2. The third-order valence-electron chi connectivity index (χ3n) is 2.79. The predicted octanol–water partition coefficient (Wildman–Crippen LogP) is 1.91. The van der Waals surface area contributed by atoms with Crippen LogP contribution in [-0.4, -0.2) is 22.7 Å². The molecule has 0 spiro atoms. The highest BCUT2D eigenvalue weighted by Crippen LogP contribution is 2.23. The Morgan fingerprint density at radius 1 is 1.47 bits per heavy atom. The number of halogens is 1. The molecular formula is C13H15ClN4O. The zero-order valence-electron chi connectivity index (χ0n) is 10.7. The number of carbonyl (C=O) groups is 1. The van der Waals surface area contributed by atoms with Crippen molar-refractivity contribution in [3.05, 3.63) is 46.7 Å². The van der Waals surface area contributed by atoms with E-state index in [0.717, 1.165) is 5.56 Å². The number of benzene rings is 1. The van der Waals surface area contributed by atoms with Gasteiger partial charge in [-0.05, 0) is 30.7 Å². The summed E-state index contributed by atoms with van der Waals surface area (Å²) in [5, 5.41) is 7.24. The Morgan fingerprint density at radius 3 is 2.79 bits per heavy atom. The molecule has 0 radical (unpaired) electrons. The molecule has 0 saturated heterocycles. The van der Waals surface area contributed by atoms with Crippen LogP contribution in [0.3, 0.4) is 0 Å². The van der Waals surface area contributed by atoms with Crippen LogP contribution < -0.4 is 11.1 Å². The lowest BCUT2D eigenvalue weighted by atomic mass is 10.1. The Morgan fingerprint density at radius 2 is 2.21 bits per heavy atom. The first-order valence-electron chi connectivity index (χ1n) is 5.86. The molecule has 100 valence electrons. The van der Waals surface area contributed by atoms with Gasteiger partial charge in [-0.3, -0.25) is 4.79 Å². The Labute approximate surface area is 116 Å². The number of amides is 1. The van der Waals surface area contributed by atoms with E-state index in [-0.39, 0.29) is 11.9 Å². The highest BCUT2D eigenvalue weighted by atomic mass is 35.5. The molecule has 2 aromatic rings. The fourth-order valence-electron chi connectivity index (χ4n) is 1.70. The van der Waals surface area contributed by atoms with Gasteiger partial charge in [0.25, 0.3) is 5.91 Å². The summed E-state index contributed by atoms with van der Waals surface area (Å²) in [5.41, 5.74) is 7.80. The molecule has 0 bridgehead atoms. The van der Waals surface area contributed by atoms with Gasteiger partial charge in [-0.25, -0.2) is 4.68 Å². The van der Waals surface area contributed by atoms with Gasteiger partial charge >= 0.3 is 0 Å². The van der Waals surface area contributed by atoms with Gasteiger partial charge in [0.1, 0.15) is 0 Å². The van der Waals surface area contributed by atoms with Gasteiger partial charge in [0, 0.05) is 19.3 Å². The van der Waals surface area contributed by atoms with Crippen LogP contribution in [0.15, 0.2) is 30.5 Å². The molecule has 0 saturated carbocycles. The first-order valence-corrected chi connectivity index (χ1v) is 6.24. The zero-order chi connectivity index (χ0) is 14.0. The van der Waals surface area contributed by atoms with Crippen LogP contribution in [0.2, 0.25) is 5.02 Å². The minimum atomic E-state index is -0.234. The monoisotopic (exact) mass is 278 g/mol. The van der Waals surface area contributed by atoms with E-state index in [4.69, 9.17) is 17.3 Å². The predicted molar refractivity (Wildman–Crippen MR) is 74.6 cm³/mol. The number of hydrogen-bond donors (Lipinski definition) is 2. The van der Waals surface area contributed by atoms with Crippen LogP contribution in [0.4, 0.5) is 0 Å². The lowest BCUT2D eigenvalue weighted by Gasteiger charge is -2.09. The topological polar surface area (TPSA) is 72.9 Å². The van der Waals surface area contributed by atoms with Gasteiger partial charge in [-0.2, -0.15) is 5.10 Å². The third-order valence-corrected chi connectivity index (χ3v) is 3.10. The Balaban J connectivity index is 2.37. The van der Waals surface area contributed by atoms with E-state index < -0.39 is 0 Å². The van der Waals surface area contributed by atoms with Crippen molar-refractivity contribution in [3.8, 4) is 5.69 Å². The van der Waals surface area contributed by atoms with Crippen molar-refractivity contribution < 1.29 is 4.79 Å². The Kier molecular flexibility index (Phi) is 3.87. The first-order chi connectivity index (χ1) is 9.02. The fraction of sp³-hybridized carbons (Fsp3) is 0.231. The summed E-state index contributed by atoms with van der Waals surface area (Å²) in [6, 6.07) is 7.09. The van der Waals surface area contributed by atoms with E-state index >= 15 is 0 Å².